The zero-order valence-electron chi connectivity index (χ0n) is 14.4. The predicted octanol–water partition coefficient (Wildman–Crippen LogP) is 2.84. The van der Waals surface area contributed by atoms with Crippen LogP contribution < -0.4 is 4.90 Å². The minimum Gasteiger partial charge on any atom is -0.377 e. The van der Waals surface area contributed by atoms with Gasteiger partial charge in [-0.1, -0.05) is 24.1 Å². The summed E-state index contributed by atoms with van der Waals surface area (Å²) in [4.78, 5) is 17.0. The third kappa shape index (κ3) is 2.77. The molecule has 3 nitrogen and oxygen atoms in total. The summed E-state index contributed by atoms with van der Waals surface area (Å²) in [6, 6.07) is 9.04. The third-order valence-corrected chi connectivity index (χ3v) is 5.51. The predicted molar refractivity (Wildman–Crippen MR) is 94.7 cm³/mol. The summed E-state index contributed by atoms with van der Waals surface area (Å²) >= 11 is 0. The molecule has 0 amide bonds. The van der Waals surface area contributed by atoms with Crippen LogP contribution in [0.1, 0.15) is 38.2 Å². The van der Waals surface area contributed by atoms with E-state index in [1.807, 2.05) is 6.92 Å². The van der Waals surface area contributed by atoms with Crippen LogP contribution in [0.2, 0.25) is 0 Å². The summed E-state index contributed by atoms with van der Waals surface area (Å²) in [5.41, 5.74) is 2.55. The van der Waals surface area contributed by atoms with Gasteiger partial charge in [0.1, 0.15) is 5.78 Å². The first kappa shape index (κ1) is 16.1. The van der Waals surface area contributed by atoms with Crippen LogP contribution in [0.15, 0.2) is 24.3 Å². The summed E-state index contributed by atoms with van der Waals surface area (Å²) in [5, 5.41) is 0. The maximum absolute atomic E-state index is 12.3. The fourth-order valence-corrected chi connectivity index (χ4v) is 4.48. The largest absolute Gasteiger partial charge is 0.377 e. The van der Waals surface area contributed by atoms with Gasteiger partial charge in [-0.05, 0) is 31.4 Å². The normalized spacial score (nSPS) is 27.3. The van der Waals surface area contributed by atoms with Gasteiger partial charge in [0.05, 0.1) is 6.54 Å². The molecule has 1 aromatic rings. The number of likely N-dealkylation sites (tertiary alicyclic amines) is 1. The highest BCUT2D eigenvalue weighted by Gasteiger charge is 2.52. The molecule has 2 aliphatic rings. The number of ketones is 1. The molecule has 122 valence electrons. The number of para-hydroxylation sites is 1. The molecular weight excluding hydrogens is 284 g/mol. The van der Waals surface area contributed by atoms with Crippen molar-refractivity contribution in [1.82, 2.24) is 4.90 Å². The third-order valence-electron chi connectivity index (χ3n) is 5.51. The average Bonchev–Trinajstić information content (AvgIpc) is 2.91. The number of carbonyl (C=O) groups is 1. The van der Waals surface area contributed by atoms with Gasteiger partial charge in [0.25, 0.3) is 0 Å². The van der Waals surface area contributed by atoms with Gasteiger partial charge < -0.3 is 4.90 Å². The van der Waals surface area contributed by atoms with Crippen molar-refractivity contribution in [1.29, 1.82) is 0 Å². The zero-order valence-corrected chi connectivity index (χ0v) is 14.4. The van der Waals surface area contributed by atoms with E-state index in [4.69, 9.17) is 0 Å². The molecule has 3 rings (SSSR count). The van der Waals surface area contributed by atoms with E-state index in [-0.39, 0.29) is 5.41 Å². The lowest BCUT2D eigenvalue weighted by Crippen LogP contribution is -2.48. The molecule has 1 saturated heterocycles. The van der Waals surface area contributed by atoms with E-state index in [0.717, 1.165) is 25.9 Å². The zero-order chi connectivity index (χ0) is 16.4. The number of carbonyl (C=O) groups excluding carboxylic acids is 1. The van der Waals surface area contributed by atoms with Crippen LogP contribution in [-0.4, -0.2) is 43.9 Å². The Hall–Kier alpha value is -1.79. The molecule has 1 aliphatic carbocycles. The van der Waals surface area contributed by atoms with Crippen LogP contribution in [0.3, 0.4) is 0 Å². The molecule has 1 aromatic carbocycles. The van der Waals surface area contributed by atoms with E-state index < -0.39 is 0 Å². The quantitative estimate of drug-likeness (QED) is 0.802. The molecule has 0 unspecified atom stereocenters. The number of hydrogen-bond donors (Lipinski definition) is 0. The number of anilines is 1. The second-order valence-corrected chi connectivity index (χ2v) is 6.98. The highest BCUT2D eigenvalue weighted by molar-refractivity contribution is 5.82. The molecule has 1 heterocycles. The molecule has 2 atom stereocenters. The van der Waals surface area contributed by atoms with E-state index in [0.29, 0.717) is 24.7 Å². The van der Waals surface area contributed by atoms with Gasteiger partial charge in [0.15, 0.2) is 0 Å². The number of benzene rings is 1. The van der Waals surface area contributed by atoms with Crippen molar-refractivity contribution in [3.8, 4) is 11.8 Å². The highest BCUT2D eigenvalue weighted by atomic mass is 16.1. The van der Waals surface area contributed by atoms with Crippen molar-refractivity contribution in [3.05, 3.63) is 29.8 Å². The van der Waals surface area contributed by atoms with Crippen LogP contribution in [0.4, 0.5) is 5.69 Å². The molecule has 3 heteroatoms. The van der Waals surface area contributed by atoms with Crippen LogP contribution in [0.5, 0.6) is 0 Å². The van der Waals surface area contributed by atoms with Gasteiger partial charge >= 0.3 is 0 Å². The maximum Gasteiger partial charge on any atom is 0.133 e. The Kier molecular flexibility index (Phi) is 4.46. The first-order valence-electron chi connectivity index (χ1n) is 8.50. The summed E-state index contributed by atoms with van der Waals surface area (Å²) in [6.07, 6.45) is 3.41. The average molecular weight is 310 g/mol. The smallest absolute Gasteiger partial charge is 0.133 e. The molecule has 0 N–H and O–H groups in total. The Morgan fingerprint density at radius 3 is 2.87 bits per heavy atom. The van der Waals surface area contributed by atoms with E-state index in [1.165, 1.54) is 11.3 Å². The molecule has 0 bridgehead atoms. The van der Waals surface area contributed by atoms with Crippen LogP contribution in [-0.2, 0) is 10.2 Å². The van der Waals surface area contributed by atoms with Crippen molar-refractivity contribution in [2.24, 2.45) is 0 Å². The van der Waals surface area contributed by atoms with Gasteiger partial charge in [-0.25, -0.2) is 0 Å². The lowest BCUT2D eigenvalue weighted by atomic mass is 9.65. The van der Waals surface area contributed by atoms with Crippen LogP contribution in [0, 0.1) is 11.8 Å². The van der Waals surface area contributed by atoms with E-state index in [1.54, 1.807) is 0 Å². The lowest BCUT2D eigenvalue weighted by Gasteiger charge is -2.43. The minimum absolute atomic E-state index is 0.0361. The summed E-state index contributed by atoms with van der Waals surface area (Å²) in [6.45, 7) is 3.75. The fourth-order valence-electron chi connectivity index (χ4n) is 4.48. The number of nitrogens with zero attached hydrogens (tertiary/aromatic N) is 2. The van der Waals surface area contributed by atoms with Gasteiger partial charge in [0.2, 0.25) is 0 Å². The van der Waals surface area contributed by atoms with E-state index in [9.17, 15) is 4.79 Å². The number of rotatable bonds is 3. The molecular formula is C20H26N2O. The number of Topliss-reactive ketones (excluding diaryl/α,β-unsaturated/α-hetero) is 1. The van der Waals surface area contributed by atoms with Gasteiger partial charge in [0, 0.05) is 50.6 Å². The minimum atomic E-state index is -0.0361. The van der Waals surface area contributed by atoms with Crippen molar-refractivity contribution in [2.45, 2.75) is 44.1 Å². The standard InChI is InChI=1S/C20H26N2O/c1-4-5-13-22-14-12-20(15-16(23)10-11-19(20)22)17-8-6-7-9-18(17)21(2)3/h6-9,19H,10-15H2,1-3H3/t19-,20+/m0/s1. The van der Waals surface area contributed by atoms with Gasteiger partial charge in [-0.3, -0.25) is 9.69 Å². The Bertz CT molecular complexity index is 655. The molecule has 0 spiro atoms. The highest BCUT2D eigenvalue weighted by Crippen LogP contribution is 2.50. The SMILES string of the molecule is CC#CCN1CC[C@]2(c3ccccc3N(C)C)CC(=O)CC[C@H]12. The molecule has 2 fully saturated rings. The Balaban J connectivity index is 2.05. The van der Waals surface area contributed by atoms with Crippen molar-refractivity contribution in [2.75, 3.05) is 32.1 Å². The monoisotopic (exact) mass is 310 g/mol. The fraction of sp³-hybridized carbons (Fsp3) is 0.550. The van der Waals surface area contributed by atoms with Gasteiger partial charge in [-0.2, -0.15) is 0 Å². The maximum atomic E-state index is 12.3. The molecule has 1 saturated carbocycles. The Morgan fingerprint density at radius 1 is 1.35 bits per heavy atom. The Morgan fingerprint density at radius 2 is 2.13 bits per heavy atom. The first-order valence-corrected chi connectivity index (χ1v) is 8.50. The second kappa shape index (κ2) is 6.37. The summed E-state index contributed by atoms with van der Waals surface area (Å²) in [7, 11) is 4.18. The number of fused-ring (bicyclic) bond motifs is 1. The van der Waals surface area contributed by atoms with Crippen LogP contribution >= 0.6 is 0 Å². The summed E-state index contributed by atoms with van der Waals surface area (Å²) in [5.74, 6) is 6.65. The van der Waals surface area contributed by atoms with Crippen molar-refractivity contribution in [3.63, 3.8) is 0 Å². The Labute approximate surface area is 139 Å². The molecule has 23 heavy (non-hydrogen) atoms. The first-order chi connectivity index (χ1) is 11.1. The van der Waals surface area contributed by atoms with Crippen LogP contribution in [0.25, 0.3) is 0 Å². The molecule has 0 aromatic heterocycles. The lowest BCUT2D eigenvalue weighted by molar-refractivity contribution is -0.122. The second-order valence-electron chi connectivity index (χ2n) is 6.98. The van der Waals surface area contributed by atoms with E-state index in [2.05, 4.69) is 60.0 Å². The van der Waals surface area contributed by atoms with Gasteiger partial charge in [-0.15, -0.1) is 5.92 Å². The topological polar surface area (TPSA) is 23.6 Å². The molecule has 0 radical (unpaired) electrons. The van der Waals surface area contributed by atoms with E-state index >= 15 is 0 Å². The van der Waals surface area contributed by atoms with Crippen molar-refractivity contribution < 1.29 is 4.79 Å². The molecule has 1 aliphatic heterocycles. The number of hydrogen-bond acceptors (Lipinski definition) is 3. The van der Waals surface area contributed by atoms with Crippen molar-refractivity contribution >= 4 is 11.5 Å². The summed E-state index contributed by atoms with van der Waals surface area (Å²) < 4.78 is 0.